The molecule has 0 saturated carbocycles. The van der Waals surface area contributed by atoms with E-state index >= 15 is 0 Å². The second-order valence-corrected chi connectivity index (χ2v) is 4.97. The van der Waals surface area contributed by atoms with E-state index in [1.807, 2.05) is 24.2 Å². The lowest BCUT2D eigenvalue weighted by Crippen LogP contribution is -2.34. The van der Waals surface area contributed by atoms with E-state index in [1.54, 1.807) is 0 Å². The fraction of sp³-hybridized carbons (Fsp3) is 0.667. The maximum atomic E-state index is 5.50. The Hall–Kier alpha value is -0.810. The molecule has 0 aliphatic heterocycles. The standard InChI is InChI=1S/C12H22N4S/c1-4-11(9-17-3)16(2)12-14-7-10(5-6-13)8-15-12/h7-8,11H,4-6,9,13H2,1-3H3. The molecule has 0 radical (unpaired) electrons. The number of thioether (sulfide) groups is 1. The van der Waals surface area contributed by atoms with Gasteiger partial charge in [0.25, 0.3) is 0 Å². The van der Waals surface area contributed by atoms with Crippen LogP contribution in [0.1, 0.15) is 18.9 Å². The number of rotatable bonds is 7. The van der Waals surface area contributed by atoms with E-state index in [1.165, 1.54) is 0 Å². The van der Waals surface area contributed by atoms with Crippen molar-refractivity contribution in [2.75, 3.05) is 30.5 Å². The van der Waals surface area contributed by atoms with Gasteiger partial charge in [0.1, 0.15) is 0 Å². The zero-order valence-corrected chi connectivity index (χ0v) is 11.7. The third-order valence-corrected chi connectivity index (χ3v) is 3.54. The van der Waals surface area contributed by atoms with Gasteiger partial charge in [0.15, 0.2) is 0 Å². The monoisotopic (exact) mass is 254 g/mol. The first-order valence-electron chi connectivity index (χ1n) is 5.95. The SMILES string of the molecule is CCC(CSC)N(C)c1ncc(CCN)cn1. The van der Waals surface area contributed by atoms with Crippen LogP contribution in [0.25, 0.3) is 0 Å². The fourth-order valence-electron chi connectivity index (χ4n) is 1.69. The van der Waals surface area contributed by atoms with Gasteiger partial charge >= 0.3 is 0 Å². The van der Waals surface area contributed by atoms with Gasteiger partial charge in [-0.2, -0.15) is 11.8 Å². The zero-order valence-electron chi connectivity index (χ0n) is 10.9. The Morgan fingerprint density at radius 3 is 2.53 bits per heavy atom. The van der Waals surface area contributed by atoms with Crippen LogP contribution in [0.4, 0.5) is 5.95 Å². The minimum Gasteiger partial charge on any atom is -0.340 e. The summed E-state index contributed by atoms with van der Waals surface area (Å²) in [5.74, 6) is 1.90. The number of nitrogens with two attached hydrogens (primary N) is 1. The molecule has 1 unspecified atom stereocenters. The molecule has 0 aliphatic carbocycles. The molecule has 0 amide bonds. The van der Waals surface area contributed by atoms with Crippen molar-refractivity contribution in [3.63, 3.8) is 0 Å². The molecule has 1 aromatic rings. The van der Waals surface area contributed by atoms with E-state index in [9.17, 15) is 0 Å². The third-order valence-electron chi connectivity index (χ3n) is 2.82. The van der Waals surface area contributed by atoms with Crippen LogP contribution in [0, 0.1) is 0 Å². The lowest BCUT2D eigenvalue weighted by Gasteiger charge is -2.26. The average Bonchev–Trinajstić information content (AvgIpc) is 2.36. The molecule has 1 aromatic heterocycles. The summed E-state index contributed by atoms with van der Waals surface area (Å²) >= 11 is 1.85. The molecular formula is C12H22N4S. The van der Waals surface area contributed by atoms with Gasteiger partial charge in [-0.25, -0.2) is 9.97 Å². The highest BCUT2D eigenvalue weighted by atomic mass is 32.2. The molecule has 1 atom stereocenters. The number of hydrogen-bond donors (Lipinski definition) is 1. The van der Waals surface area contributed by atoms with Crippen LogP contribution < -0.4 is 10.6 Å². The smallest absolute Gasteiger partial charge is 0.225 e. The van der Waals surface area contributed by atoms with E-state index in [4.69, 9.17) is 5.73 Å². The highest BCUT2D eigenvalue weighted by Crippen LogP contribution is 2.14. The van der Waals surface area contributed by atoms with Crippen LogP contribution in [0.5, 0.6) is 0 Å². The molecule has 2 N–H and O–H groups in total. The summed E-state index contributed by atoms with van der Waals surface area (Å²) in [7, 11) is 2.06. The Morgan fingerprint density at radius 1 is 1.41 bits per heavy atom. The number of hydrogen-bond acceptors (Lipinski definition) is 5. The molecule has 4 nitrogen and oxygen atoms in total. The van der Waals surface area contributed by atoms with E-state index < -0.39 is 0 Å². The molecule has 0 aliphatic rings. The minimum absolute atomic E-state index is 0.491. The van der Waals surface area contributed by atoms with E-state index in [0.717, 1.165) is 30.1 Å². The Balaban J connectivity index is 2.70. The maximum absolute atomic E-state index is 5.50. The van der Waals surface area contributed by atoms with Crippen molar-refractivity contribution >= 4 is 17.7 Å². The Bertz CT molecular complexity index is 315. The van der Waals surface area contributed by atoms with Gasteiger partial charge in [0, 0.05) is 31.2 Å². The quantitative estimate of drug-likeness (QED) is 0.800. The summed E-state index contributed by atoms with van der Waals surface area (Å²) < 4.78 is 0. The van der Waals surface area contributed by atoms with Crippen molar-refractivity contribution in [3.05, 3.63) is 18.0 Å². The van der Waals surface area contributed by atoms with Gasteiger partial charge in [0.05, 0.1) is 0 Å². The van der Waals surface area contributed by atoms with Gasteiger partial charge in [-0.05, 0) is 31.2 Å². The lowest BCUT2D eigenvalue weighted by molar-refractivity contribution is 0.656. The summed E-state index contributed by atoms with van der Waals surface area (Å²) in [4.78, 5) is 11.0. The van der Waals surface area contributed by atoms with E-state index in [0.29, 0.717) is 12.6 Å². The molecule has 17 heavy (non-hydrogen) atoms. The average molecular weight is 254 g/mol. The normalized spacial score (nSPS) is 12.5. The first kappa shape index (κ1) is 14.3. The number of nitrogens with zero attached hydrogens (tertiary/aromatic N) is 3. The molecule has 1 rings (SSSR count). The van der Waals surface area contributed by atoms with Crippen LogP contribution in [-0.4, -0.2) is 41.6 Å². The zero-order chi connectivity index (χ0) is 12.7. The highest BCUT2D eigenvalue weighted by Gasteiger charge is 2.14. The molecule has 0 spiro atoms. The first-order chi connectivity index (χ1) is 8.22. The van der Waals surface area contributed by atoms with Crippen molar-refractivity contribution in [3.8, 4) is 0 Å². The van der Waals surface area contributed by atoms with Crippen molar-refractivity contribution in [1.29, 1.82) is 0 Å². The fourth-order valence-corrected chi connectivity index (χ4v) is 2.53. The second-order valence-electron chi connectivity index (χ2n) is 4.06. The Morgan fingerprint density at radius 2 is 2.06 bits per heavy atom. The predicted molar refractivity (Wildman–Crippen MR) is 75.7 cm³/mol. The minimum atomic E-state index is 0.491. The van der Waals surface area contributed by atoms with Crippen LogP contribution in [0.15, 0.2) is 12.4 Å². The topological polar surface area (TPSA) is 55.0 Å². The van der Waals surface area contributed by atoms with Crippen molar-refractivity contribution in [1.82, 2.24) is 9.97 Å². The van der Waals surface area contributed by atoms with Gasteiger partial charge in [-0.1, -0.05) is 6.92 Å². The molecule has 1 heterocycles. The van der Waals surface area contributed by atoms with E-state index in [2.05, 4.69) is 35.1 Å². The van der Waals surface area contributed by atoms with Crippen molar-refractivity contribution in [2.24, 2.45) is 5.73 Å². The predicted octanol–water partition coefficient (Wildman–Crippen LogP) is 1.56. The molecule has 0 aromatic carbocycles. The first-order valence-corrected chi connectivity index (χ1v) is 7.35. The largest absolute Gasteiger partial charge is 0.340 e. The van der Waals surface area contributed by atoms with Crippen LogP contribution in [-0.2, 0) is 6.42 Å². The van der Waals surface area contributed by atoms with Gasteiger partial charge < -0.3 is 10.6 Å². The summed E-state index contributed by atoms with van der Waals surface area (Å²) in [6.07, 6.45) is 7.81. The second kappa shape index (κ2) is 7.50. The molecule has 0 fully saturated rings. The summed E-state index contributed by atoms with van der Waals surface area (Å²) in [6.45, 7) is 2.84. The molecule has 0 bridgehead atoms. The maximum Gasteiger partial charge on any atom is 0.225 e. The summed E-state index contributed by atoms with van der Waals surface area (Å²) in [5, 5.41) is 0. The lowest BCUT2D eigenvalue weighted by atomic mass is 10.2. The molecule has 0 saturated heterocycles. The molecular weight excluding hydrogens is 232 g/mol. The van der Waals surface area contributed by atoms with Crippen molar-refractivity contribution < 1.29 is 0 Å². The van der Waals surface area contributed by atoms with Gasteiger partial charge in [-0.3, -0.25) is 0 Å². The molecule has 5 heteroatoms. The van der Waals surface area contributed by atoms with E-state index in [-0.39, 0.29) is 0 Å². The number of anilines is 1. The van der Waals surface area contributed by atoms with Gasteiger partial charge in [0.2, 0.25) is 5.95 Å². The molecule has 96 valence electrons. The van der Waals surface area contributed by atoms with Gasteiger partial charge in [-0.15, -0.1) is 0 Å². The summed E-state index contributed by atoms with van der Waals surface area (Å²) in [6, 6.07) is 0.491. The van der Waals surface area contributed by atoms with Crippen LogP contribution >= 0.6 is 11.8 Å². The summed E-state index contributed by atoms with van der Waals surface area (Å²) in [5.41, 5.74) is 6.60. The number of aromatic nitrogens is 2. The Labute approximate surface area is 108 Å². The third kappa shape index (κ3) is 4.16. The highest BCUT2D eigenvalue weighted by molar-refractivity contribution is 7.98. The van der Waals surface area contributed by atoms with Crippen LogP contribution in [0.2, 0.25) is 0 Å². The Kier molecular flexibility index (Phi) is 6.29. The van der Waals surface area contributed by atoms with Crippen molar-refractivity contribution in [2.45, 2.75) is 25.8 Å². The van der Waals surface area contributed by atoms with Crippen LogP contribution in [0.3, 0.4) is 0 Å².